The van der Waals surface area contributed by atoms with Crippen molar-refractivity contribution in [3.8, 4) is 5.75 Å². The van der Waals surface area contributed by atoms with Crippen molar-refractivity contribution in [3.63, 3.8) is 0 Å². The molecule has 0 bridgehead atoms. The Morgan fingerprint density at radius 1 is 1.13 bits per heavy atom. The summed E-state index contributed by atoms with van der Waals surface area (Å²) in [6.45, 7) is 0.295. The van der Waals surface area contributed by atoms with Crippen LogP contribution in [0.25, 0.3) is 0 Å². The molecule has 0 atom stereocenters. The van der Waals surface area contributed by atoms with E-state index >= 15 is 0 Å². The summed E-state index contributed by atoms with van der Waals surface area (Å²) >= 11 is 13.1. The molecule has 3 aromatic rings. The van der Waals surface area contributed by atoms with Crippen molar-refractivity contribution in [1.82, 2.24) is 5.43 Å². The third kappa shape index (κ3) is 6.13. The van der Waals surface area contributed by atoms with Gasteiger partial charge in [0.05, 0.1) is 20.1 Å². The van der Waals surface area contributed by atoms with Gasteiger partial charge < -0.3 is 4.74 Å². The van der Waals surface area contributed by atoms with E-state index in [0.717, 1.165) is 5.56 Å². The number of ether oxygens (including phenoxy) is 1. The topological polar surface area (TPSA) is 93.8 Å². The average Bonchev–Trinajstić information content (AvgIpc) is 2.74. The molecule has 0 fully saturated rings. The summed E-state index contributed by atoms with van der Waals surface area (Å²) in [7, 11) is 0. The highest BCUT2D eigenvalue weighted by Gasteiger charge is 2.12. The van der Waals surface area contributed by atoms with Crippen LogP contribution in [-0.4, -0.2) is 17.0 Å². The largest absolute Gasteiger partial charge is 0.486 e. The Hall–Kier alpha value is -2.75. The smallest absolute Gasteiger partial charge is 0.271 e. The van der Waals surface area contributed by atoms with Gasteiger partial charge in [-0.25, -0.2) is 5.43 Å². The van der Waals surface area contributed by atoms with Gasteiger partial charge in [-0.05, 0) is 61.7 Å². The number of nitrogens with zero attached hydrogens (tertiary/aromatic N) is 2. The van der Waals surface area contributed by atoms with Crippen LogP contribution >= 0.6 is 43.5 Å². The molecule has 0 spiro atoms. The normalized spacial score (nSPS) is 10.8. The lowest BCUT2D eigenvalue weighted by Crippen LogP contribution is -2.17. The zero-order valence-corrected chi connectivity index (χ0v) is 19.6. The third-order valence-electron chi connectivity index (χ3n) is 4.05. The number of benzene rings is 3. The zero-order chi connectivity index (χ0) is 22.4. The van der Waals surface area contributed by atoms with E-state index in [2.05, 4.69) is 42.4 Å². The summed E-state index contributed by atoms with van der Waals surface area (Å²) in [6, 6.07) is 16.4. The van der Waals surface area contributed by atoms with Crippen LogP contribution in [0.15, 0.2) is 74.7 Å². The molecule has 31 heavy (non-hydrogen) atoms. The maximum Gasteiger partial charge on any atom is 0.271 e. The van der Waals surface area contributed by atoms with Gasteiger partial charge in [-0.15, -0.1) is 0 Å². The standard InChI is InChI=1S/C21H14Br2ClN3O4/c22-17-8-13(9-18(23)20(17)31-12-15-4-1-2-7-19(15)24)11-25-26-21(28)14-5-3-6-16(10-14)27(29)30/h1-11H,12H2,(H,26,28). The van der Waals surface area contributed by atoms with Gasteiger partial charge in [0.1, 0.15) is 12.4 Å². The number of hydrogen-bond donors (Lipinski definition) is 1. The van der Waals surface area contributed by atoms with Gasteiger partial charge in [0.2, 0.25) is 0 Å². The van der Waals surface area contributed by atoms with Gasteiger partial charge in [0.25, 0.3) is 11.6 Å². The molecule has 0 radical (unpaired) electrons. The van der Waals surface area contributed by atoms with E-state index < -0.39 is 10.8 Å². The molecular weight excluding hydrogens is 554 g/mol. The Kier molecular flexibility index (Phi) is 7.78. The van der Waals surface area contributed by atoms with E-state index in [9.17, 15) is 14.9 Å². The molecule has 1 amide bonds. The minimum atomic E-state index is -0.565. The predicted octanol–water partition coefficient (Wildman–Crippen LogP) is 6.12. The number of hydrazone groups is 1. The number of carbonyl (C=O) groups excluding carboxylic acids is 1. The van der Waals surface area contributed by atoms with Crippen molar-refractivity contribution < 1.29 is 14.5 Å². The van der Waals surface area contributed by atoms with Crippen molar-refractivity contribution in [3.05, 3.63) is 101 Å². The molecule has 3 rings (SSSR count). The monoisotopic (exact) mass is 565 g/mol. The predicted molar refractivity (Wildman–Crippen MR) is 126 cm³/mol. The highest BCUT2D eigenvalue weighted by Crippen LogP contribution is 2.35. The molecule has 158 valence electrons. The number of nitro groups is 1. The molecule has 7 nitrogen and oxygen atoms in total. The van der Waals surface area contributed by atoms with Crippen LogP contribution < -0.4 is 10.2 Å². The van der Waals surface area contributed by atoms with Gasteiger partial charge in [0.15, 0.2) is 0 Å². The number of nitro benzene ring substituents is 1. The number of amides is 1. The quantitative estimate of drug-likeness (QED) is 0.212. The summed E-state index contributed by atoms with van der Waals surface area (Å²) in [5.41, 5.74) is 3.86. The maximum absolute atomic E-state index is 12.1. The summed E-state index contributed by atoms with van der Waals surface area (Å²) in [5, 5.41) is 15.4. The van der Waals surface area contributed by atoms with Crippen molar-refractivity contribution in [1.29, 1.82) is 0 Å². The Bertz CT molecular complexity index is 1150. The van der Waals surface area contributed by atoms with Gasteiger partial charge >= 0.3 is 0 Å². The molecule has 0 heterocycles. The molecule has 10 heteroatoms. The lowest BCUT2D eigenvalue weighted by molar-refractivity contribution is -0.384. The molecule has 0 saturated heterocycles. The van der Waals surface area contributed by atoms with Crippen molar-refractivity contribution >= 4 is 61.3 Å². The maximum atomic E-state index is 12.1. The summed E-state index contributed by atoms with van der Waals surface area (Å²) < 4.78 is 7.23. The van der Waals surface area contributed by atoms with Gasteiger partial charge in [0, 0.05) is 28.3 Å². The van der Waals surface area contributed by atoms with Crippen LogP contribution in [0.1, 0.15) is 21.5 Å². The Morgan fingerprint density at radius 3 is 2.52 bits per heavy atom. The molecule has 0 aliphatic heterocycles. The van der Waals surface area contributed by atoms with Crippen molar-refractivity contribution in [2.45, 2.75) is 6.61 Å². The van der Waals surface area contributed by atoms with E-state index in [1.807, 2.05) is 18.2 Å². The summed E-state index contributed by atoms with van der Waals surface area (Å²) in [5.74, 6) is 0.0375. The van der Waals surface area contributed by atoms with E-state index in [-0.39, 0.29) is 11.3 Å². The molecule has 3 aromatic carbocycles. The third-order valence-corrected chi connectivity index (χ3v) is 5.60. The number of nitrogens with one attached hydrogen (secondary N) is 1. The van der Waals surface area contributed by atoms with Gasteiger partial charge in [-0.2, -0.15) is 5.10 Å². The van der Waals surface area contributed by atoms with E-state index in [4.69, 9.17) is 16.3 Å². The SMILES string of the molecule is O=C(NN=Cc1cc(Br)c(OCc2ccccc2Cl)c(Br)c1)c1cccc([N+](=O)[O-])c1. The minimum Gasteiger partial charge on any atom is -0.486 e. The number of rotatable bonds is 7. The first-order valence-electron chi connectivity index (χ1n) is 8.78. The first-order chi connectivity index (χ1) is 14.8. The fourth-order valence-electron chi connectivity index (χ4n) is 2.55. The Morgan fingerprint density at radius 2 is 1.84 bits per heavy atom. The van der Waals surface area contributed by atoms with Crippen LogP contribution in [0.5, 0.6) is 5.75 Å². The van der Waals surface area contributed by atoms with Crippen LogP contribution in [0.2, 0.25) is 5.02 Å². The van der Waals surface area contributed by atoms with Crippen LogP contribution in [-0.2, 0) is 6.61 Å². The fourth-order valence-corrected chi connectivity index (χ4v) is 4.19. The summed E-state index contributed by atoms with van der Waals surface area (Å²) in [6.07, 6.45) is 1.45. The van der Waals surface area contributed by atoms with Crippen LogP contribution in [0, 0.1) is 10.1 Å². The minimum absolute atomic E-state index is 0.136. The highest BCUT2D eigenvalue weighted by molar-refractivity contribution is 9.11. The number of halogens is 3. The molecule has 0 aliphatic rings. The van der Waals surface area contributed by atoms with Crippen molar-refractivity contribution in [2.75, 3.05) is 0 Å². The van der Waals surface area contributed by atoms with Crippen molar-refractivity contribution in [2.24, 2.45) is 5.10 Å². The molecule has 0 aliphatic carbocycles. The second kappa shape index (κ2) is 10.5. The Balaban J connectivity index is 1.66. The highest BCUT2D eigenvalue weighted by atomic mass is 79.9. The number of carbonyl (C=O) groups is 1. The summed E-state index contributed by atoms with van der Waals surface area (Å²) in [4.78, 5) is 22.4. The van der Waals surface area contributed by atoms with Crippen LogP contribution in [0.3, 0.4) is 0 Å². The lowest BCUT2D eigenvalue weighted by Gasteiger charge is -2.12. The average molecular weight is 568 g/mol. The fraction of sp³-hybridized carbons (Fsp3) is 0.0476. The molecule has 0 aromatic heterocycles. The molecule has 0 saturated carbocycles. The van der Waals surface area contributed by atoms with E-state index in [1.165, 1.54) is 30.5 Å². The molecule has 0 unspecified atom stereocenters. The molecular formula is C21H14Br2ClN3O4. The molecule has 1 N–H and O–H groups in total. The second-order valence-electron chi connectivity index (χ2n) is 6.20. The van der Waals surface area contributed by atoms with Gasteiger partial charge in [-0.3, -0.25) is 14.9 Å². The Labute approximate surface area is 199 Å². The first kappa shape index (κ1) is 22.9. The lowest BCUT2D eigenvalue weighted by atomic mass is 10.2. The number of non-ortho nitro benzene ring substituents is 1. The van der Waals surface area contributed by atoms with Gasteiger partial charge in [-0.1, -0.05) is 35.9 Å². The number of hydrogen-bond acceptors (Lipinski definition) is 5. The van der Waals surface area contributed by atoms with E-state index in [0.29, 0.717) is 31.9 Å². The van der Waals surface area contributed by atoms with E-state index in [1.54, 1.807) is 18.2 Å². The second-order valence-corrected chi connectivity index (χ2v) is 8.32. The zero-order valence-electron chi connectivity index (χ0n) is 15.7. The first-order valence-corrected chi connectivity index (χ1v) is 10.7. The van der Waals surface area contributed by atoms with Crippen LogP contribution in [0.4, 0.5) is 5.69 Å².